The van der Waals surface area contributed by atoms with E-state index in [0.717, 1.165) is 23.1 Å². The van der Waals surface area contributed by atoms with Gasteiger partial charge in [0.25, 0.3) is 0 Å². The highest BCUT2D eigenvalue weighted by molar-refractivity contribution is 9.10. The van der Waals surface area contributed by atoms with E-state index in [2.05, 4.69) is 45.1 Å². The molecule has 0 saturated heterocycles. The van der Waals surface area contributed by atoms with Crippen LogP contribution in [0.25, 0.3) is 0 Å². The van der Waals surface area contributed by atoms with Crippen molar-refractivity contribution >= 4 is 27.7 Å². The van der Waals surface area contributed by atoms with E-state index in [1.807, 2.05) is 12.1 Å². The summed E-state index contributed by atoms with van der Waals surface area (Å²) in [6.07, 6.45) is 1.80. The summed E-state index contributed by atoms with van der Waals surface area (Å²) in [5, 5.41) is 4.01. The molecule has 0 radical (unpaired) electrons. The fourth-order valence-electron chi connectivity index (χ4n) is 1.75. The van der Waals surface area contributed by atoms with Crippen LogP contribution in [0.4, 0.5) is 0 Å². The Labute approximate surface area is 131 Å². The highest BCUT2D eigenvalue weighted by atomic mass is 79.9. The maximum Gasteiger partial charge on any atom is 0.226 e. The summed E-state index contributed by atoms with van der Waals surface area (Å²) in [6.45, 7) is 2.78. The van der Waals surface area contributed by atoms with Crippen molar-refractivity contribution in [2.24, 2.45) is 11.7 Å². The van der Waals surface area contributed by atoms with Gasteiger partial charge >= 0.3 is 0 Å². The number of hydrogen-bond acceptors (Lipinski definition) is 5. The lowest BCUT2D eigenvalue weighted by Gasteiger charge is -2.07. The summed E-state index contributed by atoms with van der Waals surface area (Å²) in [6, 6.07) is 8.18. The van der Waals surface area contributed by atoms with Gasteiger partial charge in [-0.05, 0) is 36.7 Å². The molecule has 4 nitrogen and oxygen atoms in total. The number of hydrogen-bond donors (Lipinski definition) is 1. The molecule has 0 aliphatic carbocycles. The highest BCUT2D eigenvalue weighted by Gasteiger charge is 2.12. The van der Waals surface area contributed by atoms with E-state index in [4.69, 9.17) is 10.3 Å². The first-order chi connectivity index (χ1) is 9.71. The molecule has 108 valence electrons. The van der Waals surface area contributed by atoms with Crippen LogP contribution in [-0.4, -0.2) is 16.7 Å². The van der Waals surface area contributed by atoms with Gasteiger partial charge in [-0.25, -0.2) is 0 Å². The van der Waals surface area contributed by atoms with Gasteiger partial charge in [0.2, 0.25) is 5.89 Å². The maximum absolute atomic E-state index is 5.69. The van der Waals surface area contributed by atoms with Crippen molar-refractivity contribution in [3.8, 4) is 0 Å². The molecule has 0 saturated carbocycles. The van der Waals surface area contributed by atoms with Gasteiger partial charge < -0.3 is 10.3 Å². The normalized spacial score (nSPS) is 12.6. The summed E-state index contributed by atoms with van der Waals surface area (Å²) in [7, 11) is 0. The Morgan fingerprint density at radius 2 is 2.10 bits per heavy atom. The quantitative estimate of drug-likeness (QED) is 0.767. The Morgan fingerprint density at radius 3 is 2.75 bits per heavy atom. The lowest BCUT2D eigenvalue weighted by Crippen LogP contribution is -2.16. The van der Waals surface area contributed by atoms with Crippen molar-refractivity contribution in [2.75, 3.05) is 6.54 Å². The van der Waals surface area contributed by atoms with Gasteiger partial charge in [0, 0.05) is 15.8 Å². The molecule has 2 aromatic rings. The third-order valence-electron chi connectivity index (χ3n) is 3.07. The van der Waals surface area contributed by atoms with E-state index < -0.39 is 0 Å². The number of benzene rings is 1. The van der Waals surface area contributed by atoms with Crippen LogP contribution in [0, 0.1) is 5.92 Å². The molecule has 0 aliphatic heterocycles. The molecule has 2 rings (SSSR count). The zero-order valence-corrected chi connectivity index (χ0v) is 13.8. The fourth-order valence-corrected chi connectivity index (χ4v) is 2.76. The Kier molecular flexibility index (Phi) is 6.06. The van der Waals surface area contributed by atoms with E-state index in [9.17, 15) is 0 Å². The second-order valence-corrected chi connectivity index (χ2v) is 6.53. The molecule has 0 fully saturated rings. The summed E-state index contributed by atoms with van der Waals surface area (Å²) >= 11 is 5.12. The van der Waals surface area contributed by atoms with Crippen LogP contribution in [0.1, 0.15) is 25.1 Å². The zero-order chi connectivity index (χ0) is 14.4. The molecule has 1 aromatic heterocycles. The molecule has 1 unspecified atom stereocenters. The van der Waals surface area contributed by atoms with Crippen LogP contribution in [-0.2, 0) is 12.2 Å². The molecule has 20 heavy (non-hydrogen) atoms. The van der Waals surface area contributed by atoms with Crippen molar-refractivity contribution in [3.63, 3.8) is 0 Å². The summed E-state index contributed by atoms with van der Waals surface area (Å²) in [5.74, 6) is 2.56. The van der Waals surface area contributed by atoms with Crippen LogP contribution < -0.4 is 5.73 Å². The third-order valence-corrected chi connectivity index (χ3v) is 4.60. The molecule has 0 spiro atoms. The predicted octanol–water partition coefficient (Wildman–Crippen LogP) is 3.65. The van der Waals surface area contributed by atoms with E-state index in [0.29, 0.717) is 24.1 Å². The lowest BCUT2D eigenvalue weighted by molar-refractivity contribution is 0.348. The van der Waals surface area contributed by atoms with Gasteiger partial charge in [-0.15, -0.1) is 11.8 Å². The van der Waals surface area contributed by atoms with Gasteiger partial charge in [-0.3, -0.25) is 0 Å². The fraction of sp³-hybridized carbons (Fsp3) is 0.429. The Balaban J connectivity index is 1.87. The van der Waals surface area contributed by atoms with Crippen LogP contribution >= 0.6 is 27.7 Å². The van der Waals surface area contributed by atoms with Gasteiger partial charge in [0.05, 0.1) is 5.75 Å². The van der Waals surface area contributed by atoms with Crippen LogP contribution in [0.3, 0.4) is 0 Å². The SMILES string of the molecule is CCC(CN)Cc1nc(CSc2ccc(Br)cc2)no1. The topological polar surface area (TPSA) is 64.9 Å². The molecule has 1 atom stereocenters. The smallest absolute Gasteiger partial charge is 0.226 e. The molecule has 0 amide bonds. The van der Waals surface area contributed by atoms with Crippen molar-refractivity contribution in [1.29, 1.82) is 0 Å². The van der Waals surface area contributed by atoms with E-state index in [1.54, 1.807) is 11.8 Å². The molecule has 1 heterocycles. The average molecular weight is 356 g/mol. The minimum Gasteiger partial charge on any atom is -0.339 e. The Bertz CT molecular complexity index is 525. The number of thioether (sulfide) groups is 1. The number of halogens is 1. The van der Waals surface area contributed by atoms with Crippen molar-refractivity contribution in [1.82, 2.24) is 10.1 Å². The van der Waals surface area contributed by atoms with Crippen molar-refractivity contribution in [2.45, 2.75) is 30.4 Å². The summed E-state index contributed by atoms with van der Waals surface area (Å²) in [5.41, 5.74) is 5.69. The molecular formula is C14H18BrN3OS. The van der Waals surface area contributed by atoms with Crippen LogP contribution in [0.2, 0.25) is 0 Å². The Hall–Kier alpha value is -0.850. The second-order valence-electron chi connectivity index (χ2n) is 4.56. The van der Waals surface area contributed by atoms with Gasteiger partial charge in [-0.2, -0.15) is 4.98 Å². The number of aromatic nitrogens is 2. The predicted molar refractivity (Wildman–Crippen MR) is 84.5 cm³/mol. The first kappa shape index (κ1) is 15.5. The first-order valence-corrected chi connectivity index (χ1v) is 8.39. The molecule has 2 N–H and O–H groups in total. The van der Waals surface area contributed by atoms with Gasteiger partial charge in [-0.1, -0.05) is 34.4 Å². The third kappa shape index (κ3) is 4.61. The van der Waals surface area contributed by atoms with Crippen molar-refractivity contribution in [3.05, 3.63) is 40.5 Å². The standard InChI is InChI=1S/C14H18BrN3OS/c1-2-10(8-16)7-14-17-13(18-19-14)9-20-12-5-3-11(15)4-6-12/h3-6,10H,2,7-9,16H2,1H3. The largest absolute Gasteiger partial charge is 0.339 e. The first-order valence-electron chi connectivity index (χ1n) is 6.61. The number of rotatable bonds is 7. The van der Waals surface area contributed by atoms with Crippen LogP contribution in [0.15, 0.2) is 38.2 Å². The molecule has 0 bridgehead atoms. The lowest BCUT2D eigenvalue weighted by atomic mass is 10.0. The average Bonchev–Trinajstić information content (AvgIpc) is 2.92. The van der Waals surface area contributed by atoms with Gasteiger partial charge in [0.15, 0.2) is 5.82 Å². The van der Waals surface area contributed by atoms with E-state index in [-0.39, 0.29) is 0 Å². The Morgan fingerprint density at radius 1 is 1.35 bits per heavy atom. The summed E-state index contributed by atoms with van der Waals surface area (Å²) < 4.78 is 6.35. The minimum atomic E-state index is 0.419. The summed E-state index contributed by atoms with van der Waals surface area (Å²) in [4.78, 5) is 5.60. The molecule has 6 heteroatoms. The number of nitrogens with zero attached hydrogens (tertiary/aromatic N) is 2. The maximum atomic E-state index is 5.69. The minimum absolute atomic E-state index is 0.419. The zero-order valence-electron chi connectivity index (χ0n) is 11.4. The molecular weight excluding hydrogens is 338 g/mol. The monoisotopic (exact) mass is 355 g/mol. The molecule has 1 aromatic carbocycles. The van der Waals surface area contributed by atoms with E-state index >= 15 is 0 Å². The molecule has 0 aliphatic rings. The van der Waals surface area contributed by atoms with Crippen molar-refractivity contribution < 1.29 is 4.52 Å². The van der Waals surface area contributed by atoms with Gasteiger partial charge in [0.1, 0.15) is 0 Å². The second kappa shape index (κ2) is 7.81. The van der Waals surface area contributed by atoms with Crippen LogP contribution in [0.5, 0.6) is 0 Å². The highest BCUT2D eigenvalue weighted by Crippen LogP contribution is 2.23. The van der Waals surface area contributed by atoms with E-state index in [1.165, 1.54) is 4.90 Å². The number of nitrogens with two attached hydrogens (primary N) is 1.